The van der Waals surface area contributed by atoms with Crippen LogP contribution in [0, 0.1) is 0 Å². The highest BCUT2D eigenvalue weighted by atomic mass is 16.5. The molecule has 2 rings (SSSR count). The summed E-state index contributed by atoms with van der Waals surface area (Å²) in [7, 11) is 2.84. The lowest BCUT2D eigenvalue weighted by atomic mass is 10.2. The maximum Gasteiger partial charge on any atom is 0.427 e. The van der Waals surface area contributed by atoms with Crippen LogP contribution in [-0.4, -0.2) is 33.1 Å². The van der Waals surface area contributed by atoms with Gasteiger partial charge in [0, 0.05) is 0 Å². The Labute approximate surface area is 146 Å². The Morgan fingerprint density at radius 3 is 2.60 bits per heavy atom. The van der Waals surface area contributed by atoms with Crippen molar-refractivity contribution in [1.29, 1.82) is 0 Å². The van der Waals surface area contributed by atoms with Crippen LogP contribution in [0.5, 0.6) is 11.5 Å². The summed E-state index contributed by atoms with van der Waals surface area (Å²) in [5.41, 5.74) is 4.08. The smallest absolute Gasteiger partial charge is 0.427 e. The summed E-state index contributed by atoms with van der Waals surface area (Å²) in [6.07, 6.45) is 4.78. The summed E-state index contributed by atoms with van der Waals surface area (Å²) in [5.74, 6) is 1.20. The van der Waals surface area contributed by atoms with Crippen molar-refractivity contribution in [2.45, 2.75) is 0 Å². The zero-order chi connectivity index (χ0) is 17.9. The van der Waals surface area contributed by atoms with Crippen LogP contribution in [0.25, 0.3) is 6.08 Å². The summed E-state index contributed by atoms with van der Waals surface area (Å²) in [6.45, 7) is 0.419. The van der Waals surface area contributed by atoms with Crippen LogP contribution >= 0.6 is 0 Å². The van der Waals surface area contributed by atoms with E-state index in [4.69, 9.17) is 9.47 Å². The first-order valence-corrected chi connectivity index (χ1v) is 7.62. The van der Waals surface area contributed by atoms with Crippen molar-refractivity contribution < 1.29 is 19.0 Å². The van der Waals surface area contributed by atoms with Crippen LogP contribution in [0.15, 0.2) is 59.7 Å². The highest BCUT2D eigenvalue weighted by Gasteiger charge is 2.04. The SMILES string of the molecule is COC(=O)NN=Cc1ccc(OCC=Cc2ccccc2)c(OC)c1. The zero-order valence-corrected chi connectivity index (χ0v) is 14.1. The lowest BCUT2D eigenvalue weighted by Gasteiger charge is -2.09. The van der Waals surface area contributed by atoms with E-state index in [9.17, 15) is 4.79 Å². The minimum atomic E-state index is -0.631. The van der Waals surface area contributed by atoms with Gasteiger partial charge in [0.2, 0.25) is 0 Å². The first kappa shape index (κ1) is 18.1. The second-order valence-electron chi connectivity index (χ2n) is 4.90. The van der Waals surface area contributed by atoms with E-state index in [-0.39, 0.29) is 0 Å². The van der Waals surface area contributed by atoms with Gasteiger partial charge in [-0.2, -0.15) is 5.10 Å². The molecule has 130 valence electrons. The molecule has 1 amide bonds. The molecular weight excluding hydrogens is 320 g/mol. The van der Waals surface area contributed by atoms with Gasteiger partial charge in [-0.1, -0.05) is 36.4 Å². The molecule has 0 aliphatic heterocycles. The number of hydrazone groups is 1. The third-order valence-electron chi connectivity index (χ3n) is 3.19. The quantitative estimate of drug-likeness (QED) is 0.619. The third-order valence-corrected chi connectivity index (χ3v) is 3.19. The maximum absolute atomic E-state index is 10.9. The summed E-state index contributed by atoms with van der Waals surface area (Å²) >= 11 is 0. The van der Waals surface area contributed by atoms with Gasteiger partial charge < -0.3 is 14.2 Å². The van der Waals surface area contributed by atoms with E-state index in [1.54, 1.807) is 25.3 Å². The number of nitrogens with zero attached hydrogens (tertiary/aromatic N) is 1. The normalized spacial score (nSPS) is 10.8. The molecule has 0 aliphatic rings. The Morgan fingerprint density at radius 2 is 1.88 bits per heavy atom. The Hall–Kier alpha value is -3.28. The molecule has 0 saturated carbocycles. The lowest BCUT2D eigenvalue weighted by Crippen LogP contribution is -2.16. The first-order valence-electron chi connectivity index (χ1n) is 7.62. The summed E-state index contributed by atoms with van der Waals surface area (Å²) in [5, 5.41) is 3.77. The molecule has 0 spiro atoms. The predicted octanol–water partition coefficient (Wildman–Crippen LogP) is 3.48. The third kappa shape index (κ3) is 6.02. The van der Waals surface area contributed by atoms with E-state index in [1.807, 2.05) is 42.5 Å². The largest absolute Gasteiger partial charge is 0.493 e. The van der Waals surface area contributed by atoms with Crippen LogP contribution in [0.1, 0.15) is 11.1 Å². The van der Waals surface area contributed by atoms with Gasteiger partial charge in [-0.05, 0) is 35.4 Å². The molecular formula is C19H20N2O4. The van der Waals surface area contributed by atoms with E-state index >= 15 is 0 Å². The number of amides is 1. The molecule has 0 aromatic heterocycles. The lowest BCUT2D eigenvalue weighted by molar-refractivity contribution is 0.171. The number of nitrogens with one attached hydrogen (secondary N) is 1. The number of rotatable bonds is 7. The molecule has 0 heterocycles. The second-order valence-corrected chi connectivity index (χ2v) is 4.90. The molecule has 0 saturated heterocycles. The fourth-order valence-corrected chi connectivity index (χ4v) is 1.98. The van der Waals surface area contributed by atoms with Gasteiger partial charge >= 0.3 is 6.09 Å². The van der Waals surface area contributed by atoms with Crippen LogP contribution < -0.4 is 14.9 Å². The van der Waals surface area contributed by atoms with Gasteiger partial charge in [0.05, 0.1) is 20.4 Å². The first-order chi connectivity index (χ1) is 12.2. The van der Waals surface area contributed by atoms with Gasteiger partial charge in [0.15, 0.2) is 11.5 Å². The minimum Gasteiger partial charge on any atom is -0.493 e. The number of carbonyl (C=O) groups excluding carboxylic acids is 1. The van der Waals surface area contributed by atoms with Gasteiger partial charge in [-0.15, -0.1) is 0 Å². The molecule has 2 aromatic carbocycles. The summed E-state index contributed by atoms with van der Waals surface area (Å²) in [4.78, 5) is 10.9. The molecule has 0 aliphatic carbocycles. The molecule has 0 radical (unpaired) electrons. The number of hydrogen-bond acceptors (Lipinski definition) is 5. The molecule has 2 aromatic rings. The molecule has 0 atom stereocenters. The molecule has 1 N–H and O–H groups in total. The Morgan fingerprint density at radius 1 is 1.08 bits per heavy atom. The maximum atomic E-state index is 10.9. The summed E-state index contributed by atoms with van der Waals surface area (Å²) in [6, 6.07) is 15.3. The molecule has 0 bridgehead atoms. The van der Waals surface area contributed by atoms with Crippen molar-refractivity contribution in [3.05, 3.63) is 65.7 Å². The molecule has 6 nitrogen and oxygen atoms in total. The van der Waals surface area contributed by atoms with E-state index in [0.29, 0.717) is 18.1 Å². The second kappa shape index (κ2) is 9.77. The number of carbonyl (C=O) groups is 1. The van der Waals surface area contributed by atoms with Gasteiger partial charge in [0.1, 0.15) is 6.61 Å². The van der Waals surface area contributed by atoms with Gasteiger partial charge in [-0.25, -0.2) is 10.2 Å². The molecule has 0 fully saturated rings. The van der Waals surface area contributed by atoms with Crippen LogP contribution in [0.2, 0.25) is 0 Å². The Kier molecular flexibility index (Phi) is 7.06. The van der Waals surface area contributed by atoms with E-state index in [0.717, 1.165) is 11.1 Å². The molecule has 6 heteroatoms. The molecule has 25 heavy (non-hydrogen) atoms. The topological polar surface area (TPSA) is 69.2 Å². The van der Waals surface area contributed by atoms with E-state index < -0.39 is 6.09 Å². The van der Waals surface area contributed by atoms with Crippen molar-refractivity contribution in [2.24, 2.45) is 5.10 Å². The number of methoxy groups -OCH3 is 2. The summed E-state index contributed by atoms with van der Waals surface area (Å²) < 4.78 is 15.5. The Balaban J connectivity index is 1.94. The monoisotopic (exact) mass is 340 g/mol. The average molecular weight is 340 g/mol. The highest BCUT2D eigenvalue weighted by Crippen LogP contribution is 2.27. The highest BCUT2D eigenvalue weighted by molar-refractivity contribution is 5.82. The minimum absolute atomic E-state index is 0.419. The van der Waals surface area contributed by atoms with Crippen LogP contribution in [0.4, 0.5) is 4.79 Å². The average Bonchev–Trinajstić information content (AvgIpc) is 2.66. The molecule has 0 unspecified atom stereocenters. The van der Waals surface area contributed by atoms with E-state index in [1.165, 1.54) is 13.3 Å². The number of benzene rings is 2. The fourth-order valence-electron chi connectivity index (χ4n) is 1.98. The standard InChI is InChI=1S/C19H20N2O4/c1-23-18-13-16(14-20-21-19(22)24-2)10-11-17(18)25-12-6-9-15-7-4-3-5-8-15/h3-11,13-14H,12H2,1-2H3,(H,21,22). The number of ether oxygens (including phenoxy) is 3. The van der Waals surface area contributed by atoms with E-state index in [2.05, 4.69) is 15.3 Å². The van der Waals surface area contributed by atoms with Crippen molar-refractivity contribution in [1.82, 2.24) is 5.43 Å². The number of hydrogen-bond donors (Lipinski definition) is 1. The fraction of sp³-hybridized carbons (Fsp3) is 0.158. The van der Waals surface area contributed by atoms with Crippen molar-refractivity contribution in [2.75, 3.05) is 20.8 Å². The van der Waals surface area contributed by atoms with Crippen LogP contribution in [0.3, 0.4) is 0 Å². The van der Waals surface area contributed by atoms with Crippen LogP contribution in [-0.2, 0) is 4.74 Å². The predicted molar refractivity (Wildman–Crippen MR) is 97.1 cm³/mol. The zero-order valence-electron chi connectivity index (χ0n) is 14.1. The van der Waals surface area contributed by atoms with Crippen molar-refractivity contribution in [3.63, 3.8) is 0 Å². The van der Waals surface area contributed by atoms with Gasteiger partial charge in [-0.3, -0.25) is 0 Å². The van der Waals surface area contributed by atoms with Crippen molar-refractivity contribution >= 4 is 18.4 Å². The van der Waals surface area contributed by atoms with Gasteiger partial charge in [0.25, 0.3) is 0 Å². The Bertz CT molecular complexity index is 742. The van der Waals surface area contributed by atoms with Crippen molar-refractivity contribution in [3.8, 4) is 11.5 Å².